The lowest BCUT2D eigenvalue weighted by atomic mass is 10.0. The molecule has 1 fully saturated rings. The highest BCUT2D eigenvalue weighted by Gasteiger charge is 2.26. The number of sulfonamides is 1. The fourth-order valence-electron chi connectivity index (χ4n) is 1.96. The number of hydrogen-bond acceptors (Lipinski definition) is 3. The van der Waals surface area contributed by atoms with E-state index in [1.54, 1.807) is 4.31 Å². The molecule has 5 heteroatoms. The molecule has 1 aliphatic heterocycles. The van der Waals surface area contributed by atoms with E-state index >= 15 is 0 Å². The second kappa shape index (κ2) is 5.82. The van der Waals surface area contributed by atoms with Crippen molar-refractivity contribution in [3.63, 3.8) is 0 Å². The summed E-state index contributed by atoms with van der Waals surface area (Å²) in [4.78, 5) is 0. The molecule has 0 aromatic heterocycles. The molecule has 1 saturated heterocycles. The molecule has 0 aromatic rings. The van der Waals surface area contributed by atoms with Crippen LogP contribution in [0, 0.1) is 5.92 Å². The van der Waals surface area contributed by atoms with E-state index in [1.165, 1.54) is 0 Å². The third kappa shape index (κ3) is 4.09. The molecule has 1 unspecified atom stereocenters. The average Bonchev–Trinajstić information content (AvgIpc) is 2.18. The normalized spacial score (nSPS) is 24.3. The maximum Gasteiger partial charge on any atom is 0.214 e. The Labute approximate surface area is 93.1 Å². The molecule has 0 aromatic carbocycles. The zero-order valence-electron chi connectivity index (χ0n) is 9.70. The van der Waals surface area contributed by atoms with E-state index in [-0.39, 0.29) is 5.75 Å². The number of hydrogen-bond donors (Lipinski definition) is 1. The van der Waals surface area contributed by atoms with Crippen LogP contribution < -0.4 is 5.32 Å². The quantitative estimate of drug-likeness (QED) is 0.711. The van der Waals surface area contributed by atoms with Crippen LogP contribution in [0.3, 0.4) is 0 Å². The molecule has 0 amide bonds. The molecule has 4 nitrogen and oxygen atoms in total. The minimum atomic E-state index is -3.00. The van der Waals surface area contributed by atoms with Gasteiger partial charge >= 0.3 is 0 Å². The van der Waals surface area contributed by atoms with Crippen LogP contribution in [0.5, 0.6) is 0 Å². The van der Waals surface area contributed by atoms with Gasteiger partial charge in [-0.25, -0.2) is 12.7 Å². The summed E-state index contributed by atoms with van der Waals surface area (Å²) < 4.78 is 25.5. The van der Waals surface area contributed by atoms with Crippen LogP contribution in [0.1, 0.15) is 26.2 Å². The van der Waals surface area contributed by atoms with Gasteiger partial charge in [-0.15, -0.1) is 0 Å². The maximum absolute atomic E-state index is 11.9. The van der Waals surface area contributed by atoms with Crippen LogP contribution in [0.15, 0.2) is 0 Å². The highest BCUT2D eigenvalue weighted by Crippen LogP contribution is 2.18. The Morgan fingerprint density at radius 3 is 2.80 bits per heavy atom. The Morgan fingerprint density at radius 1 is 1.47 bits per heavy atom. The van der Waals surface area contributed by atoms with E-state index in [0.717, 1.165) is 19.4 Å². The third-order valence-corrected chi connectivity index (χ3v) is 4.77. The number of rotatable bonds is 5. The zero-order chi connectivity index (χ0) is 11.3. The predicted octanol–water partition coefficient (Wildman–Crippen LogP) is 0.658. The van der Waals surface area contributed by atoms with Crippen molar-refractivity contribution in [2.24, 2.45) is 5.92 Å². The Hall–Kier alpha value is -0.130. The van der Waals surface area contributed by atoms with E-state index in [2.05, 4.69) is 12.2 Å². The second-order valence-electron chi connectivity index (χ2n) is 4.38. The van der Waals surface area contributed by atoms with Crippen LogP contribution in [0.2, 0.25) is 0 Å². The zero-order valence-corrected chi connectivity index (χ0v) is 10.5. The number of piperidine rings is 1. The number of nitrogens with zero attached hydrogens (tertiary/aromatic N) is 1. The highest BCUT2D eigenvalue weighted by atomic mass is 32.2. The molecule has 0 aliphatic carbocycles. The molecule has 0 radical (unpaired) electrons. The molecule has 0 bridgehead atoms. The van der Waals surface area contributed by atoms with Gasteiger partial charge in [-0.2, -0.15) is 0 Å². The largest absolute Gasteiger partial charge is 0.320 e. The standard InChI is InChI=1S/C10H22N2O2S/c1-10-5-3-7-12(9-10)15(13,14)8-4-6-11-2/h10-11H,3-9H2,1-2H3. The molecule has 1 aliphatic rings. The van der Waals surface area contributed by atoms with Gasteiger partial charge in [0.05, 0.1) is 5.75 Å². The van der Waals surface area contributed by atoms with Crippen molar-refractivity contribution >= 4 is 10.0 Å². The second-order valence-corrected chi connectivity index (χ2v) is 6.47. The summed E-state index contributed by atoms with van der Waals surface area (Å²) in [7, 11) is -1.15. The van der Waals surface area contributed by atoms with Crippen molar-refractivity contribution in [2.75, 3.05) is 32.4 Å². The van der Waals surface area contributed by atoms with Crippen molar-refractivity contribution in [3.05, 3.63) is 0 Å². The summed E-state index contributed by atoms with van der Waals surface area (Å²) >= 11 is 0. The first-order chi connectivity index (χ1) is 7.06. The monoisotopic (exact) mass is 234 g/mol. The Morgan fingerprint density at radius 2 is 2.20 bits per heavy atom. The van der Waals surface area contributed by atoms with Gasteiger partial charge in [-0.05, 0) is 38.8 Å². The van der Waals surface area contributed by atoms with E-state index < -0.39 is 10.0 Å². The van der Waals surface area contributed by atoms with Crippen LogP contribution in [-0.2, 0) is 10.0 Å². The number of nitrogens with one attached hydrogen (secondary N) is 1. The molecule has 1 heterocycles. The van der Waals surface area contributed by atoms with Crippen LogP contribution in [-0.4, -0.2) is 45.2 Å². The SMILES string of the molecule is CNCCCS(=O)(=O)N1CCCC(C)C1. The van der Waals surface area contributed by atoms with E-state index in [1.807, 2.05) is 7.05 Å². The van der Waals surface area contributed by atoms with Gasteiger partial charge in [0.25, 0.3) is 0 Å². The predicted molar refractivity (Wildman–Crippen MR) is 62.3 cm³/mol. The van der Waals surface area contributed by atoms with Gasteiger partial charge in [0.1, 0.15) is 0 Å². The van der Waals surface area contributed by atoms with Crippen LogP contribution in [0.4, 0.5) is 0 Å². The molecule has 90 valence electrons. The van der Waals surface area contributed by atoms with E-state index in [4.69, 9.17) is 0 Å². The van der Waals surface area contributed by atoms with Crippen LogP contribution >= 0.6 is 0 Å². The van der Waals surface area contributed by atoms with Crippen LogP contribution in [0.25, 0.3) is 0 Å². The van der Waals surface area contributed by atoms with Gasteiger partial charge in [0.15, 0.2) is 0 Å². The van der Waals surface area contributed by atoms with Gasteiger partial charge in [0.2, 0.25) is 10.0 Å². The minimum absolute atomic E-state index is 0.278. The lowest BCUT2D eigenvalue weighted by molar-refractivity contribution is 0.281. The summed E-state index contributed by atoms with van der Waals surface area (Å²) in [5, 5.41) is 2.97. The lowest BCUT2D eigenvalue weighted by Crippen LogP contribution is -2.40. The van der Waals surface area contributed by atoms with Gasteiger partial charge in [-0.3, -0.25) is 0 Å². The molecule has 0 saturated carbocycles. The van der Waals surface area contributed by atoms with Gasteiger partial charge in [0, 0.05) is 13.1 Å². The van der Waals surface area contributed by atoms with Gasteiger partial charge < -0.3 is 5.32 Å². The van der Waals surface area contributed by atoms with Crippen molar-refractivity contribution < 1.29 is 8.42 Å². The summed E-state index contributed by atoms with van der Waals surface area (Å²) in [5.41, 5.74) is 0. The maximum atomic E-state index is 11.9. The summed E-state index contributed by atoms with van der Waals surface area (Å²) in [5.74, 6) is 0.790. The Kier molecular flexibility index (Phi) is 5.02. The first-order valence-electron chi connectivity index (χ1n) is 5.68. The first kappa shape index (κ1) is 12.9. The molecule has 1 atom stereocenters. The molecular formula is C10H22N2O2S. The highest BCUT2D eigenvalue weighted by molar-refractivity contribution is 7.89. The molecular weight excluding hydrogens is 212 g/mol. The summed E-state index contributed by atoms with van der Waals surface area (Å²) in [6.45, 7) is 4.31. The molecule has 1 N–H and O–H groups in total. The smallest absolute Gasteiger partial charge is 0.214 e. The fourth-order valence-corrected chi connectivity index (χ4v) is 3.62. The Balaban J connectivity index is 2.45. The van der Waals surface area contributed by atoms with Crippen molar-refractivity contribution in [1.82, 2.24) is 9.62 Å². The van der Waals surface area contributed by atoms with Crippen molar-refractivity contribution in [3.8, 4) is 0 Å². The van der Waals surface area contributed by atoms with E-state index in [0.29, 0.717) is 25.4 Å². The first-order valence-corrected chi connectivity index (χ1v) is 7.29. The minimum Gasteiger partial charge on any atom is -0.320 e. The topological polar surface area (TPSA) is 49.4 Å². The van der Waals surface area contributed by atoms with Gasteiger partial charge in [-0.1, -0.05) is 6.92 Å². The average molecular weight is 234 g/mol. The van der Waals surface area contributed by atoms with Crippen molar-refractivity contribution in [2.45, 2.75) is 26.2 Å². The molecule has 15 heavy (non-hydrogen) atoms. The summed E-state index contributed by atoms with van der Waals surface area (Å²) in [6.07, 6.45) is 2.86. The van der Waals surface area contributed by atoms with E-state index in [9.17, 15) is 8.42 Å². The molecule has 0 spiro atoms. The van der Waals surface area contributed by atoms with Crippen molar-refractivity contribution in [1.29, 1.82) is 0 Å². The third-order valence-electron chi connectivity index (χ3n) is 2.84. The molecule has 1 rings (SSSR count). The fraction of sp³-hybridized carbons (Fsp3) is 1.00. The lowest BCUT2D eigenvalue weighted by Gasteiger charge is -2.30. The Bertz CT molecular complexity index is 277. The summed E-state index contributed by atoms with van der Waals surface area (Å²) in [6, 6.07) is 0.